The molecular weight excluding hydrogens is 336 g/mol. The monoisotopic (exact) mass is 362 g/mol. The number of amides is 3. The molecule has 0 radical (unpaired) electrons. The Morgan fingerprint density at radius 3 is 2.50 bits per heavy atom. The summed E-state index contributed by atoms with van der Waals surface area (Å²) in [5, 5.41) is 8.59. The maximum absolute atomic E-state index is 12.5. The van der Waals surface area contributed by atoms with Gasteiger partial charge in [-0.25, -0.2) is 4.79 Å². The Labute approximate surface area is 153 Å². The van der Waals surface area contributed by atoms with Gasteiger partial charge in [-0.3, -0.25) is 14.5 Å². The van der Waals surface area contributed by atoms with Crippen LogP contribution in [0.15, 0.2) is 24.3 Å². The van der Waals surface area contributed by atoms with Crippen LogP contribution >= 0.6 is 0 Å². The number of hydrogen-bond donors (Lipinski definition) is 3. The van der Waals surface area contributed by atoms with E-state index < -0.39 is 29.7 Å². The topological polar surface area (TPSA) is 99.8 Å². The molecule has 2 rings (SSSR count). The Bertz CT molecular complexity index is 699. The van der Waals surface area contributed by atoms with Crippen LogP contribution in [0.1, 0.15) is 27.7 Å². The molecule has 0 unspecified atom stereocenters. The van der Waals surface area contributed by atoms with Crippen LogP contribution in [-0.4, -0.2) is 54.1 Å². The third kappa shape index (κ3) is 4.87. The summed E-state index contributed by atoms with van der Waals surface area (Å²) in [4.78, 5) is 38.1. The SMILES string of the molecule is C[C@@H](C(=O)N[C@H]1CNc2ccccc2NC1=O)N(C)C(=O)OC(C)(C)C. The van der Waals surface area contributed by atoms with Gasteiger partial charge in [-0.05, 0) is 39.8 Å². The molecule has 3 N–H and O–H groups in total. The minimum absolute atomic E-state index is 0.247. The van der Waals surface area contributed by atoms with Gasteiger partial charge in [-0.15, -0.1) is 0 Å². The molecule has 8 nitrogen and oxygen atoms in total. The fourth-order valence-electron chi connectivity index (χ4n) is 2.35. The first-order chi connectivity index (χ1) is 12.1. The Morgan fingerprint density at radius 2 is 1.88 bits per heavy atom. The molecule has 0 fully saturated rings. The van der Waals surface area contributed by atoms with Crippen LogP contribution in [0.5, 0.6) is 0 Å². The van der Waals surface area contributed by atoms with Crippen molar-refractivity contribution in [2.75, 3.05) is 24.2 Å². The normalized spacial score (nSPS) is 17.7. The van der Waals surface area contributed by atoms with E-state index in [1.165, 1.54) is 11.9 Å². The Balaban J connectivity index is 1.98. The number of anilines is 2. The smallest absolute Gasteiger partial charge is 0.410 e. The second-order valence-corrected chi connectivity index (χ2v) is 7.24. The zero-order valence-electron chi connectivity index (χ0n) is 15.8. The molecule has 0 aliphatic carbocycles. The first-order valence-electron chi connectivity index (χ1n) is 8.48. The Hall–Kier alpha value is -2.77. The van der Waals surface area contributed by atoms with Gasteiger partial charge in [0.2, 0.25) is 11.8 Å². The molecule has 1 aliphatic heterocycles. The molecule has 8 heteroatoms. The molecule has 1 heterocycles. The lowest BCUT2D eigenvalue weighted by Crippen LogP contribution is -2.54. The van der Waals surface area contributed by atoms with Crippen molar-refractivity contribution in [3.63, 3.8) is 0 Å². The lowest BCUT2D eigenvalue weighted by Gasteiger charge is -2.28. The predicted molar refractivity (Wildman–Crippen MR) is 99.0 cm³/mol. The fraction of sp³-hybridized carbons (Fsp3) is 0.500. The zero-order valence-corrected chi connectivity index (χ0v) is 15.8. The number of hydrogen-bond acceptors (Lipinski definition) is 5. The molecule has 0 bridgehead atoms. The van der Waals surface area contributed by atoms with Gasteiger partial charge < -0.3 is 20.7 Å². The summed E-state index contributed by atoms with van der Waals surface area (Å²) < 4.78 is 5.26. The van der Waals surface area contributed by atoms with E-state index in [0.717, 1.165) is 5.69 Å². The van der Waals surface area contributed by atoms with E-state index in [1.54, 1.807) is 33.8 Å². The minimum atomic E-state index is -0.789. The summed E-state index contributed by atoms with van der Waals surface area (Å²) in [6, 6.07) is 5.75. The van der Waals surface area contributed by atoms with Crippen molar-refractivity contribution in [1.29, 1.82) is 0 Å². The zero-order chi connectivity index (χ0) is 19.5. The number of fused-ring (bicyclic) bond motifs is 1. The lowest BCUT2D eigenvalue weighted by atomic mass is 10.2. The van der Waals surface area contributed by atoms with Gasteiger partial charge in [0.25, 0.3) is 0 Å². The average molecular weight is 362 g/mol. The molecule has 1 aromatic rings. The van der Waals surface area contributed by atoms with Gasteiger partial charge in [0.05, 0.1) is 11.4 Å². The number of carbonyl (C=O) groups excluding carboxylic acids is 3. The van der Waals surface area contributed by atoms with Crippen LogP contribution in [0, 0.1) is 0 Å². The van der Waals surface area contributed by atoms with Crippen molar-refractivity contribution >= 4 is 29.3 Å². The summed E-state index contributed by atoms with van der Waals surface area (Å²) in [7, 11) is 1.49. The quantitative estimate of drug-likeness (QED) is 0.761. The standard InChI is InChI=1S/C18H26N4O4/c1-11(22(5)17(25)26-18(2,3)4)15(23)21-14-10-19-12-8-6-7-9-13(12)20-16(14)24/h6-9,11,14,19H,10H2,1-5H3,(H,20,24)(H,21,23)/t11-,14-/m0/s1. The number of rotatable bonds is 3. The number of benzene rings is 1. The molecule has 0 spiro atoms. The third-order valence-corrected chi connectivity index (χ3v) is 3.96. The van der Waals surface area contributed by atoms with Crippen molar-refractivity contribution in [1.82, 2.24) is 10.2 Å². The van der Waals surface area contributed by atoms with Crippen molar-refractivity contribution in [2.24, 2.45) is 0 Å². The summed E-state index contributed by atoms with van der Waals surface area (Å²) in [5.74, 6) is -0.755. The van der Waals surface area contributed by atoms with E-state index in [1.807, 2.05) is 18.2 Å². The molecule has 0 aromatic heterocycles. The van der Waals surface area contributed by atoms with E-state index in [4.69, 9.17) is 4.74 Å². The average Bonchev–Trinajstić information content (AvgIpc) is 2.71. The van der Waals surface area contributed by atoms with E-state index in [9.17, 15) is 14.4 Å². The number of ether oxygens (including phenoxy) is 1. The van der Waals surface area contributed by atoms with Crippen molar-refractivity contribution in [3.8, 4) is 0 Å². The minimum Gasteiger partial charge on any atom is -0.444 e. The van der Waals surface area contributed by atoms with Gasteiger partial charge in [0, 0.05) is 13.6 Å². The molecule has 142 valence electrons. The molecular formula is C18H26N4O4. The van der Waals surface area contributed by atoms with E-state index >= 15 is 0 Å². The van der Waals surface area contributed by atoms with E-state index in [0.29, 0.717) is 5.69 Å². The fourth-order valence-corrected chi connectivity index (χ4v) is 2.35. The number of nitrogens with one attached hydrogen (secondary N) is 3. The predicted octanol–water partition coefficient (Wildman–Crippen LogP) is 1.79. The summed E-state index contributed by atoms with van der Waals surface area (Å²) in [6.07, 6.45) is -0.601. The number of nitrogens with zero attached hydrogens (tertiary/aromatic N) is 1. The van der Waals surface area contributed by atoms with Gasteiger partial charge in [0.15, 0.2) is 0 Å². The van der Waals surface area contributed by atoms with Crippen LogP contribution in [0.25, 0.3) is 0 Å². The first kappa shape index (κ1) is 19.6. The second kappa shape index (κ2) is 7.63. The van der Waals surface area contributed by atoms with Crippen LogP contribution in [-0.2, 0) is 14.3 Å². The molecule has 2 atom stereocenters. The van der Waals surface area contributed by atoms with Gasteiger partial charge >= 0.3 is 6.09 Å². The number of carbonyl (C=O) groups is 3. The second-order valence-electron chi connectivity index (χ2n) is 7.24. The highest BCUT2D eigenvalue weighted by atomic mass is 16.6. The largest absolute Gasteiger partial charge is 0.444 e. The van der Waals surface area contributed by atoms with Gasteiger partial charge in [-0.1, -0.05) is 12.1 Å². The van der Waals surface area contributed by atoms with Crippen LogP contribution in [0.3, 0.4) is 0 Å². The highest BCUT2D eigenvalue weighted by Gasteiger charge is 2.30. The maximum atomic E-state index is 12.5. The molecule has 26 heavy (non-hydrogen) atoms. The van der Waals surface area contributed by atoms with Crippen LogP contribution in [0.4, 0.5) is 16.2 Å². The third-order valence-electron chi connectivity index (χ3n) is 3.96. The van der Waals surface area contributed by atoms with Crippen molar-refractivity contribution in [3.05, 3.63) is 24.3 Å². The number of para-hydroxylation sites is 2. The molecule has 3 amide bonds. The highest BCUT2D eigenvalue weighted by Crippen LogP contribution is 2.23. The lowest BCUT2D eigenvalue weighted by molar-refractivity contribution is -0.129. The highest BCUT2D eigenvalue weighted by molar-refractivity contribution is 6.01. The summed E-state index contributed by atoms with van der Waals surface area (Å²) in [5.41, 5.74) is 0.794. The van der Waals surface area contributed by atoms with E-state index in [-0.39, 0.29) is 12.5 Å². The molecule has 1 aliphatic rings. The van der Waals surface area contributed by atoms with Crippen LogP contribution in [0.2, 0.25) is 0 Å². The Morgan fingerprint density at radius 1 is 1.27 bits per heavy atom. The molecule has 0 saturated carbocycles. The summed E-state index contributed by atoms with van der Waals surface area (Å²) >= 11 is 0. The molecule has 1 aromatic carbocycles. The number of likely N-dealkylation sites (N-methyl/N-ethyl adjacent to an activating group) is 1. The summed E-state index contributed by atoms with van der Waals surface area (Å²) in [6.45, 7) is 7.08. The van der Waals surface area contributed by atoms with Gasteiger partial charge in [0.1, 0.15) is 17.7 Å². The maximum Gasteiger partial charge on any atom is 0.410 e. The van der Waals surface area contributed by atoms with Crippen LogP contribution < -0.4 is 16.0 Å². The van der Waals surface area contributed by atoms with E-state index in [2.05, 4.69) is 16.0 Å². The van der Waals surface area contributed by atoms with Gasteiger partial charge in [-0.2, -0.15) is 0 Å². The Kier molecular flexibility index (Phi) is 5.74. The van der Waals surface area contributed by atoms with Crippen molar-refractivity contribution in [2.45, 2.75) is 45.4 Å². The first-order valence-corrected chi connectivity index (χ1v) is 8.48. The molecule has 0 saturated heterocycles. The van der Waals surface area contributed by atoms with Crippen molar-refractivity contribution < 1.29 is 19.1 Å².